The van der Waals surface area contributed by atoms with Gasteiger partial charge < -0.3 is 0 Å². The Kier molecular flexibility index (Phi) is 9.58. The molecule has 1 heterocycles. The lowest BCUT2D eigenvalue weighted by atomic mass is 10.3. The lowest BCUT2D eigenvalue weighted by Crippen LogP contribution is -2.48. The smallest absolute Gasteiger partial charge is 0.266 e. The van der Waals surface area contributed by atoms with E-state index < -0.39 is 20.2 Å². The highest BCUT2D eigenvalue weighted by Gasteiger charge is 2.19. The lowest BCUT2D eigenvalue weighted by molar-refractivity contribution is 0.143. The summed E-state index contributed by atoms with van der Waals surface area (Å²) >= 11 is 0. The quantitative estimate of drug-likeness (QED) is 0.635. The molecule has 0 radical (unpaired) electrons. The van der Waals surface area contributed by atoms with E-state index in [0.717, 1.165) is 0 Å². The number of hydrogen-bond donors (Lipinski definition) is 2. The van der Waals surface area contributed by atoms with Gasteiger partial charge in [0.05, 0.1) is 11.5 Å². The Balaban J connectivity index is 0.00000122. The molecule has 1 rings (SSSR count). The maximum absolute atomic E-state index is 10.6. The van der Waals surface area contributed by atoms with Crippen molar-refractivity contribution >= 4 is 20.2 Å². The zero-order valence-corrected chi connectivity index (χ0v) is 14.2. The monoisotopic (exact) mass is 346 g/mol. The summed E-state index contributed by atoms with van der Waals surface area (Å²) in [6.45, 7) is 7.24. The fourth-order valence-corrected chi connectivity index (χ4v) is 2.70. The number of rotatable bonds is 6. The second-order valence-corrected chi connectivity index (χ2v) is 8.11. The van der Waals surface area contributed by atoms with Gasteiger partial charge in [0, 0.05) is 39.3 Å². The summed E-state index contributed by atoms with van der Waals surface area (Å²) < 4.78 is 59.5. The van der Waals surface area contributed by atoms with Gasteiger partial charge in [-0.1, -0.05) is 20.3 Å². The second kappa shape index (κ2) is 9.70. The third-order valence-electron chi connectivity index (χ3n) is 2.80. The topological polar surface area (TPSA) is 115 Å². The van der Waals surface area contributed by atoms with Crippen molar-refractivity contribution < 1.29 is 25.9 Å². The molecule has 8 nitrogen and oxygen atoms in total. The Morgan fingerprint density at radius 1 is 0.762 bits per heavy atom. The molecule has 0 aliphatic carbocycles. The SMILES string of the molecule is CCC.O=S(=O)(O)CCN1CCN(CCS(=O)(=O)O)CC1. The first kappa shape index (κ1) is 20.7. The van der Waals surface area contributed by atoms with E-state index in [1.807, 2.05) is 9.80 Å². The largest absolute Gasteiger partial charge is 0.300 e. The molecule has 0 atom stereocenters. The molecule has 128 valence electrons. The van der Waals surface area contributed by atoms with Gasteiger partial charge in [0.15, 0.2) is 0 Å². The van der Waals surface area contributed by atoms with Crippen LogP contribution in [0, 0.1) is 0 Å². The van der Waals surface area contributed by atoms with Crippen LogP contribution in [0.25, 0.3) is 0 Å². The molecule has 2 N–H and O–H groups in total. The van der Waals surface area contributed by atoms with Crippen molar-refractivity contribution in [2.45, 2.75) is 20.3 Å². The summed E-state index contributed by atoms with van der Waals surface area (Å²) in [5.74, 6) is -0.587. The third-order valence-corrected chi connectivity index (χ3v) is 4.19. The Labute approximate surface area is 127 Å². The maximum Gasteiger partial charge on any atom is 0.266 e. The Morgan fingerprint density at radius 2 is 1.00 bits per heavy atom. The van der Waals surface area contributed by atoms with Gasteiger partial charge in [-0.3, -0.25) is 18.9 Å². The first-order chi connectivity index (χ1) is 9.57. The van der Waals surface area contributed by atoms with Gasteiger partial charge in [-0.25, -0.2) is 0 Å². The second-order valence-electron chi connectivity index (χ2n) is 4.96. The molecule has 1 aliphatic heterocycles. The number of nitrogens with zero attached hydrogens (tertiary/aromatic N) is 2. The van der Waals surface area contributed by atoms with Gasteiger partial charge in [0.1, 0.15) is 0 Å². The van der Waals surface area contributed by atoms with E-state index in [4.69, 9.17) is 9.11 Å². The standard InChI is InChI=1S/C8H18N2O6S2.C3H8/c11-17(12,13)7-5-9-1-2-10(4-3-9)6-8-18(14,15)16;1-3-2/h1-8H2,(H,11,12,13)(H,14,15,16);3H2,1-2H3. The highest BCUT2D eigenvalue weighted by atomic mass is 32.2. The molecule has 1 fully saturated rings. The van der Waals surface area contributed by atoms with Gasteiger partial charge in [-0.2, -0.15) is 16.8 Å². The van der Waals surface area contributed by atoms with Crippen LogP contribution in [-0.4, -0.2) is 86.5 Å². The minimum atomic E-state index is -3.93. The van der Waals surface area contributed by atoms with Gasteiger partial charge in [-0.15, -0.1) is 0 Å². The summed E-state index contributed by atoms with van der Waals surface area (Å²) in [4.78, 5) is 3.77. The van der Waals surface area contributed by atoms with Crippen molar-refractivity contribution in [3.63, 3.8) is 0 Å². The molecular formula is C11H26N2O6S2. The summed E-state index contributed by atoms with van der Waals surface area (Å²) in [6.07, 6.45) is 1.25. The van der Waals surface area contributed by atoms with Crippen LogP contribution in [0.4, 0.5) is 0 Å². The summed E-state index contributed by atoms with van der Waals surface area (Å²) in [6, 6.07) is 0. The van der Waals surface area contributed by atoms with Crippen molar-refractivity contribution in [1.82, 2.24) is 9.80 Å². The molecule has 0 spiro atoms. The highest BCUT2D eigenvalue weighted by molar-refractivity contribution is 7.86. The average Bonchev–Trinajstić information content (AvgIpc) is 2.34. The van der Waals surface area contributed by atoms with E-state index in [0.29, 0.717) is 26.2 Å². The number of hydrogen-bond acceptors (Lipinski definition) is 6. The van der Waals surface area contributed by atoms with Gasteiger partial charge in [0.25, 0.3) is 20.2 Å². The van der Waals surface area contributed by atoms with Crippen LogP contribution < -0.4 is 0 Å². The molecule has 0 aromatic rings. The predicted molar refractivity (Wildman–Crippen MR) is 81.7 cm³/mol. The molecule has 0 unspecified atom stereocenters. The fourth-order valence-electron chi connectivity index (χ4n) is 1.73. The van der Waals surface area contributed by atoms with Crippen LogP contribution in [0.5, 0.6) is 0 Å². The normalized spacial score (nSPS) is 18.1. The number of piperazine rings is 1. The van der Waals surface area contributed by atoms with Crippen LogP contribution in [0.15, 0.2) is 0 Å². The zero-order chi connectivity index (χ0) is 16.5. The Morgan fingerprint density at radius 3 is 1.19 bits per heavy atom. The van der Waals surface area contributed by atoms with Crippen LogP contribution in [0.1, 0.15) is 20.3 Å². The molecule has 0 saturated carbocycles. The fraction of sp³-hybridized carbons (Fsp3) is 1.00. The predicted octanol–water partition coefficient (Wildman–Crippen LogP) is -0.204. The summed E-state index contributed by atoms with van der Waals surface area (Å²) in [5, 5.41) is 0. The lowest BCUT2D eigenvalue weighted by Gasteiger charge is -2.34. The molecule has 1 saturated heterocycles. The Bertz CT molecular complexity index is 425. The zero-order valence-electron chi connectivity index (χ0n) is 12.6. The van der Waals surface area contributed by atoms with E-state index in [-0.39, 0.29) is 24.6 Å². The van der Waals surface area contributed by atoms with Crippen LogP contribution in [0.2, 0.25) is 0 Å². The van der Waals surface area contributed by atoms with Crippen molar-refractivity contribution in [3.05, 3.63) is 0 Å². The highest BCUT2D eigenvalue weighted by Crippen LogP contribution is 2.02. The van der Waals surface area contributed by atoms with Gasteiger partial charge in [0.2, 0.25) is 0 Å². The van der Waals surface area contributed by atoms with E-state index in [9.17, 15) is 16.8 Å². The summed E-state index contributed by atoms with van der Waals surface area (Å²) in [7, 11) is -7.87. The third kappa shape index (κ3) is 13.1. The van der Waals surface area contributed by atoms with Crippen molar-refractivity contribution in [2.75, 3.05) is 50.8 Å². The average molecular weight is 346 g/mol. The molecule has 21 heavy (non-hydrogen) atoms. The molecule has 10 heteroatoms. The molecule has 0 aromatic carbocycles. The van der Waals surface area contributed by atoms with E-state index in [1.165, 1.54) is 6.42 Å². The summed E-state index contributed by atoms with van der Waals surface area (Å²) in [5.41, 5.74) is 0. The van der Waals surface area contributed by atoms with Crippen LogP contribution in [0.3, 0.4) is 0 Å². The first-order valence-electron chi connectivity index (χ1n) is 6.92. The van der Waals surface area contributed by atoms with E-state index in [2.05, 4.69) is 13.8 Å². The molecule has 1 aliphatic rings. The van der Waals surface area contributed by atoms with E-state index in [1.54, 1.807) is 0 Å². The first-order valence-corrected chi connectivity index (χ1v) is 10.1. The molecule has 0 bridgehead atoms. The minimum absolute atomic E-state index is 0.269. The van der Waals surface area contributed by atoms with Crippen LogP contribution >= 0.6 is 0 Å². The van der Waals surface area contributed by atoms with Gasteiger partial charge in [-0.05, 0) is 0 Å². The van der Waals surface area contributed by atoms with Crippen molar-refractivity contribution in [3.8, 4) is 0 Å². The van der Waals surface area contributed by atoms with Crippen LogP contribution in [-0.2, 0) is 20.2 Å². The molecule has 0 amide bonds. The minimum Gasteiger partial charge on any atom is -0.300 e. The van der Waals surface area contributed by atoms with Crippen molar-refractivity contribution in [2.24, 2.45) is 0 Å². The molecule has 0 aromatic heterocycles. The van der Waals surface area contributed by atoms with Gasteiger partial charge >= 0.3 is 0 Å². The Hall–Kier alpha value is -0.260. The maximum atomic E-state index is 10.6. The van der Waals surface area contributed by atoms with Crippen molar-refractivity contribution in [1.29, 1.82) is 0 Å². The van der Waals surface area contributed by atoms with E-state index >= 15 is 0 Å². The molecular weight excluding hydrogens is 320 g/mol.